The van der Waals surface area contributed by atoms with E-state index in [4.69, 9.17) is 0 Å². The normalized spacial score (nSPS) is 17.2. The predicted octanol–water partition coefficient (Wildman–Crippen LogP) is 4.08. The second-order valence-electron chi connectivity index (χ2n) is 7.18. The molecule has 1 fully saturated rings. The summed E-state index contributed by atoms with van der Waals surface area (Å²) in [6.45, 7) is 7.15. The summed E-state index contributed by atoms with van der Waals surface area (Å²) in [4.78, 5) is 15.0. The van der Waals surface area contributed by atoms with E-state index >= 15 is 0 Å². The fourth-order valence-electron chi connectivity index (χ4n) is 3.58. The molecule has 0 aliphatic carbocycles. The van der Waals surface area contributed by atoms with Gasteiger partial charge in [0.1, 0.15) is 0 Å². The van der Waals surface area contributed by atoms with Gasteiger partial charge in [-0.1, -0.05) is 60.2 Å². The fraction of sp³-hybridized carbons (Fsp3) is 0.409. The lowest BCUT2D eigenvalue weighted by molar-refractivity contribution is -0.127. The first kappa shape index (κ1) is 17.7. The van der Waals surface area contributed by atoms with Gasteiger partial charge >= 0.3 is 0 Å². The SMILES string of the molecule is Cc1cccc(CN2CCC(C(=O)NC(C)c3ccccc3)CC2)c1. The standard InChI is InChI=1S/C22H28N2O/c1-17-7-6-8-19(15-17)16-24-13-11-21(12-14-24)22(25)23-18(2)20-9-4-3-5-10-20/h3-10,15,18,21H,11-14,16H2,1-2H3,(H,23,25). The van der Waals surface area contributed by atoms with Gasteiger partial charge in [0.15, 0.2) is 0 Å². The van der Waals surface area contributed by atoms with E-state index in [1.165, 1.54) is 11.1 Å². The van der Waals surface area contributed by atoms with E-state index in [1.807, 2.05) is 18.2 Å². The Morgan fingerprint density at radius 3 is 2.52 bits per heavy atom. The molecule has 0 aromatic heterocycles. The molecule has 1 amide bonds. The Balaban J connectivity index is 1.47. The summed E-state index contributed by atoms with van der Waals surface area (Å²) in [6.07, 6.45) is 1.89. The minimum Gasteiger partial charge on any atom is -0.349 e. The molecule has 0 spiro atoms. The molecule has 0 bridgehead atoms. The Morgan fingerprint density at radius 2 is 1.84 bits per heavy atom. The molecule has 1 atom stereocenters. The van der Waals surface area contributed by atoms with E-state index in [0.717, 1.165) is 38.0 Å². The van der Waals surface area contributed by atoms with Gasteiger partial charge in [0.25, 0.3) is 0 Å². The van der Waals surface area contributed by atoms with Gasteiger partial charge in [-0.25, -0.2) is 0 Å². The Hall–Kier alpha value is -2.13. The van der Waals surface area contributed by atoms with Crippen molar-refractivity contribution in [1.29, 1.82) is 0 Å². The highest BCUT2D eigenvalue weighted by molar-refractivity contribution is 5.79. The van der Waals surface area contributed by atoms with Gasteiger partial charge in [0.2, 0.25) is 5.91 Å². The topological polar surface area (TPSA) is 32.3 Å². The molecule has 3 nitrogen and oxygen atoms in total. The van der Waals surface area contributed by atoms with Crippen LogP contribution in [-0.4, -0.2) is 23.9 Å². The van der Waals surface area contributed by atoms with Gasteiger partial charge < -0.3 is 5.32 Å². The molecule has 25 heavy (non-hydrogen) atoms. The van der Waals surface area contributed by atoms with Crippen molar-refractivity contribution in [1.82, 2.24) is 10.2 Å². The van der Waals surface area contributed by atoms with E-state index in [-0.39, 0.29) is 17.9 Å². The van der Waals surface area contributed by atoms with Crippen LogP contribution in [-0.2, 0) is 11.3 Å². The molecule has 1 unspecified atom stereocenters. The van der Waals surface area contributed by atoms with Gasteiger partial charge in [-0.15, -0.1) is 0 Å². The van der Waals surface area contributed by atoms with Gasteiger partial charge in [0, 0.05) is 12.5 Å². The number of rotatable bonds is 5. The van der Waals surface area contributed by atoms with E-state index in [1.54, 1.807) is 0 Å². The van der Waals surface area contributed by atoms with Gasteiger partial charge in [-0.3, -0.25) is 9.69 Å². The van der Waals surface area contributed by atoms with Gasteiger partial charge in [-0.05, 0) is 50.9 Å². The molecule has 0 radical (unpaired) electrons. The van der Waals surface area contributed by atoms with Crippen LogP contribution in [0.15, 0.2) is 54.6 Å². The lowest BCUT2D eigenvalue weighted by Crippen LogP contribution is -2.40. The number of nitrogens with one attached hydrogen (secondary N) is 1. The summed E-state index contributed by atoms with van der Waals surface area (Å²) in [6, 6.07) is 18.9. The third-order valence-electron chi connectivity index (χ3n) is 5.11. The summed E-state index contributed by atoms with van der Waals surface area (Å²) in [5.74, 6) is 0.339. The Kier molecular flexibility index (Phi) is 5.87. The molecule has 1 heterocycles. The first-order valence-corrected chi connectivity index (χ1v) is 9.25. The molecule has 3 rings (SSSR count). The largest absolute Gasteiger partial charge is 0.349 e. The lowest BCUT2D eigenvalue weighted by atomic mass is 9.94. The third kappa shape index (κ3) is 4.93. The highest BCUT2D eigenvalue weighted by Gasteiger charge is 2.25. The summed E-state index contributed by atoms with van der Waals surface area (Å²) in [5, 5.41) is 3.18. The number of nitrogens with zero attached hydrogens (tertiary/aromatic N) is 1. The molecule has 132 valence electrons. The van der Waals surface area contributed by atoms with Crippen molar-refractivity contribution >= 4 is 5.91 Å². The van der Waals surface area contributed by atoms with E-state index in [2.05, 4.69) is 60.5 Å². The number of amides is 1. The number of aryl methyl sites for hydroxylation is 1. The molecular formula is C22H28N2O. The first-order valence-electron chi connectivity index (χ1n) is 9.25. The van der Waals surface area contributed by atoms with Crippen molar-refractivity contribution < 1.29 is 4.79 Å². The molecule has 2 aromatic rings. The van der Waals surface area contributed by atoms with Crippen LogP contribution in [0, 0.1) is 12.8 Å². The Labute approximate surface area is 151 Å². The molecule has 1 N–H and O–H groups in total. The summed E-state index contributed by atoms with van der Waals surface area (Å²) >= 11 is 0. The van der Waals surface area contributed by atoms with Crippen LogP contribution in [0.5, 0.6) is 0 Å². The minimum atomic E-state index is 0.0685. The monoisotopic (exact) mass is 336 g/mol. The second kappa shape index (κ2) is 8.30. The van der Waals surface area contributed by atoms with Crippen molar-refractivity contribution in [2.24, 2.45) is 5.92 Å². The summed E-state index contributed by atoms with van der Waals surface area (Å²) in [5.41, 5.74) is 3.83. The molecular weight excluding hydrogens is 308 g/mol. The number of likely N-dealkylation sites (tertiary alicyclic amines) is 1. The summed E-state index contributed by atoms with van der Waals surface area (Å²) in [7, 11) is 0. The maximum atomic E-state index is 12.6. The molecule has 2 aromatic carbocycles. The van der Waals surface area contributed by atoms with Crippen molar-refractivity contribution in [3.63, 3.8) is 0 Å². The Morgan fingerprint density at radius 1 is 1.12 bits per heavy atom. The predicted molar refractivity (Wildman–Crippen MR) is 102 cm³/mol. The number of carbonyl (C=O) groups is 1. The summed E-state index contributed by atoms with van der Waals surface area (Å²) < 4.78 is 0. The van der Waals surface area contributed by atoms with Crippen LogP contribution in [0.4, 0.5) is 0 Å². The third-order valence-corrected chi connectivity index (χ3v) is 5.11. The zero-order valence-electron chi connectivity index (χ0n) is 15.2. The van der Waals surface area contributed by atoms with Crippen LogP contribution >= 0.6 is 0 Å². The molecule has 1 saturated heterocycles. The molecule has 1 aliphatic heterocycles. The van der Waals surface area contributed by atoms with Crippen molar-refractivity contribution in [2.45, 2.75) is 39.3 Å². The van der Waals surface area contributed by atoms with E-state index in [9.17, 15) is 4.79 Å². The van der Waals surface area contributed by atoms with Crippen LogP contribution in [0.3, 0.4) is 0 Å². The highest BCUT2D eigenvalue weighted by Crippen LogP contribution is 2.21. The maximum Gasteiger partial charge on any atom is 0.223 e. The molecule has 1 aliphatic rings. The number of piperidine rings is 1. The minimum absolute atomic E-state index is 0.0685. The number of carbonyl (C=O) groups excluding carboxylic acids is 1. The smallest absolute Gasteiger partial charge is 0.223 e. The van der Waals surface area contributed by atoms with Crippen LogP contribution in [0.1, 0.15) is 42.5 Å². The van der Waals surface area contributed by atoms with Crippen LogP contribution in [0.2, 0.25) is 0 Å². The van der Waals surface area contributed by atoms with Crippen molar-refractivity contribution in [3.05, 3.63) is 71.3 Å². The van der Waals surface area contributed by atoms with Crippen molar-refractivity contribution in [3.8, 4) is 0 Å². The average molecular weight is 336 g/mol. The van der Waals surface area contributed by atoms with Crippen LogP contribution < -0.4 is 5.32 Å². The maximum absolute atomic E-state index is 12.6. The van der Waals surface area contributed by atoms with E-state index in [0.29, 0.717) is 0 Å². The second-order valence-corrected chi connectivity index (χ2v) is 7.18. The highest BCUT2D eigenvalue weighted by atomic mass is 16.1. The first-order chi connectivity index (χ1) is 12.1. The number of benzene rings is 2. The Bertz CT molecular complexity index is 690. The van der Waals surface area contributed by atoms with E-state index < -0.39 is 0 Å². The number of hydrogen-bond acceptors (Lipinski definition) is 2. The van der Waals surface area contributed by atoms with Gasteiger partial charge in [-0.2, -0.15) is 0 Å². The fourth-order valence-corrected chi connectivity index (χ4v) is 3.58. The van der Waals surface area contributed by atoms with Crippen LogP contribution in [0.25, 0.3) is 0 Å². The van der Waals surface area contributed by atoms with Crippen molar-refractivity contribution in [2.75, 3.05) is 13.1 Å². The van der Waals surface area contributed by atoms with Gasteiger partial charge in [0.05, 0.1) is 6.04 Å². The molecule has 0 saturated carbocycles. The lowest BCUT2D eigenvalue weighted by Gasteiger charge is -2.32. The molecule has 3 heteroatoms. The quantitative estimate of drug-likeness (QED) is 0.892. The number of hydrogen-bond donors (Lipinski definition) is 1. The average Bonchev–Trinajstić information content (AvgIpc) is 2.63. The zero-order valence-corrected chi connectivity index (χ0v) is 15.2. The zero-order chi connectivity index (χ0) is 17.6.